The summed E-state index contributed by atoms with van der Waals surface area (Å²) in [7, 11) is 1.47. The molecule has 0 saturated carbocycles. The molecule has 17 heavy (non-hydrogen) atoms. The van der Waals surface area contributed by atoms with E-state index in [1.54, 1.807) is 6.92 Å². The van der Waals surface area contributed by atoms with Crippen LogP contribution in [0.15, 0.2) is 26.7 Å². The summed E-state index contributed by atoms with van der Waals surface area (Å²) in [6, 6.07) is 2.69. The van der Waals surface area contributed by atoms with Crippen LogP contribution in [0.25, 0.3) is 0 Å². The zero-order valence-electron chi connectivity index (χ0n) is 9.23. The summed E-state index contributed by atoms with van der Waals surface area (Å²) in [5.74, 6) is 0.379. The fourth-order valence-electron chi connectivity index (χ4n) is 1.22. The number of nitrogens with zero attached hydrogens (tertiary/aromatic N) is 2. The van der Waals surface area contributed by atoms with E-state index >= 15 is 0 Å². The average Bonchev–Trinajstić information content (AvgIpc) is 2.68. The Bertz CT molecular complexity index is 544. The van der Waals surface area contributed by atoms with Crippen LogP contribution in [0.1, 0.15) is 5.89 Å². The largest absolute Gasteiger partial charge is 0.495 e. The van der Waals surface area contributed by atoms with Gasteiger partial charge in [-0.15, -0.1) is 10.2 Å². The van der Waals surface area contributed by atoms with Crippen molar-refractivity contribution in [3.05, 3.63) is 23.8 Å². The summed E-state index contributed by atoms with van der Waals surface area (Å²) in [6.45, 7) is 1.66. The number of nitrogens with two attached hydrogens (primary N) is 1. The average molecular weight is 255 g/mol. The molecular formula is C10H10FN3O2S. The lowest BCUT2D eigenvalue weighted by Crippen LogP contribution is -1.94. The molecule has 0 aliphatic carbocycles. The normalized spacial score (nSPS) is 10.5. The van der Waals surface area contributed by atoms with Crippen LogP contribution in [0, 0.1) is 12.7 Å². The van der Waals surface area contributed by atoms with Gasteiger partial charge in [0, 0.05) is 13.0 Å². The number of benzene rings is 1. The number of aryl methyl sites for hydroxylation is 1. The molecule has 0 bridgehead atoms. The first-order chi connectivity index (χ1) is 8.10. The fraction of sp³-hybridized carbons (Fsp3) is 0.200. The summed E-state index contributed by atoms with van der Waals surface area (Å²) >= 11 is 1.02. The Kier molecular flexibility index (Phi) is 3.19. The third kappa shape index (κ3) is 2.50. The van der Waals surface area contributed by atoms with E-state index in [1.807, 2.05) is 0 Å². The van der Waals surface area contributed by atoms with Gasteiger partial charge in [0.15, 0.2) is 0 Å². The molecule has 0 aliphatic rings. The van der Waals surface area contributed by atoms with Crippen molar-refractivity contribution in [1.82, 2.24) is 10.2 Å². The monoisotopic (exact) mass is 255 g/mol. The molecule has 0 radical (unpaired) electrons. The highest BCUT2D eigenvalue weighted by molar-refractivity contribution is 7.99. The predicted molar refractivity (Wildman–Crippen MR) is 60.5 cm³/mol. The molecule has 1 aromatic heterocycles. The topological polar surface area (TPSA) is 74.2 Å². The van der Waals surface area contributed by atoms with Crippen LogP contribution >= 0.6 is 11.8 Å². The highest BCUT2D eigenvalue weighted by atomic mass is 32.2. The van der Waals surface area contributed by atoms with E-state index in [9.17, 15) is 4.39 Å². The van der Waals surface area contributed by atoms with Crippen LogP contribution in [-0.4, -0.2) is 17.3 Å². The maximum atomic E-state index is 13.6. The second-order valence-corrected chi connectivity index (χ2v) is 4.21. The molecule has 2 rings (SSSR count). The van der Waals surface area contributed by atoms with Gasteiger partial charge in [-0.2, -0.15) is 0 Å². The van der Waals surface area contributed by atoms with Gasteiger partial charge >= 0.3 is 0 Å². The molecule has 0 saturated heterocycles. The van der Waals surface area contributed by atoms with Gasteiger partial charge in [0.2, 0.25) is 5.89 Å². The molecule has 0 spiro atoms. The first kappa shape index (κ1) is 11.7. The van der Waals surface area contributed by atoms with Crippen molar-refractivity contribution in [3.63, 3.8) is 0 Å². The molecule has 0 unspecified atom stereocenters. The van der Waals surface area contributed by atoms with Crippen LogP contribution in [-0.2, 0) is 0 Å². The van der Waals surface area contributed by atoms with Gasteiger partial charge in [-0.25, -0.2) is 4.39 Å². The van der Waals surface area contributed by atoms with E-state index in [2.05, 4.69) is 10.2 Å². The number of aromatic nitrogens is 2. The van der Waals surface area contributed by atoms with Crippen LogP contribution in [0.5, 0.6) is 5.75 Å². The molecule has 5 nitrogen and oxygen atoms in total. The Morgan fingerprint density at radius 3 is 2.76 bits per heavy atom. The Hall–Kier alpha value is -1.76. The van der Waals surface area contributed by atoms with Crippen LogP contribution < -0.4 is 10.5 Å². The summed E-state index contributed by atoms with van der Waals surface area (Å²) in [5, 5.41) is 7.70. The third-order valence-corrected chi connectivity index (χ3v) is 2.86. The second-order valence-electron chi connectivity index (χ2n) is 3.21. The minimum Gasteiger partial charge on any atom is -0.495 e. The molecule has 2 N–H and O–H groups in total. The molecular weight excluding hydrogens is 245 g/mol. The number of nitrogen functional groups attached to an aromatic ring is 1. The smallest absolute Gasteiger partial charge is 0.281 e. The maximum absolute atomic E-state index is 13.6. The van der Waals surface area contributed by atoms with Crippen molar-refractivity contribution in [2.45, 2.75) is 17.0 Å². The quantitative estimate of drug-likeness (QED) is 0.848. The minimum absolute atomic E-state index is 0.246. The molecule has 90 valence electrons. The van der Waals surface area contributed by atoms with E-state index in [0.29, 0.717) is 16.5 Å². The van der Waals surface area contributed by atoms with Gasteiger partial charge < -0.3 is 14.9 Å². The number of methoxy groups -OCH3 is 1. The van der Waals surface area contributed by atoms with E-state index in [4.69, 9.17) is 14.9 Å². The Morgan fingerprint density at radius 1 is 1.41 bits per heavy atom. The highest BCUT2D eigenvalue weighted by Crippen LogP contribution is 2.34. The zero-order chi connectivity index (χ0) is 12.4. The summed E-state index contributed by atoms with van der Waals surface area (Å²) in [6.07, 6.45) is 0. The zero-order valence-corrected chi connectivity index (χ0v) is 10.0. The molecule has 0 atom stereocenters. The van der Waals surface area contributed by atoms with E-state index < -0.39 is 5.82 Å². The van der Waals surface area contributed by atoms with Gasteiger partial charge in [-0.05, 0) is 17.8 Å². The van der Waals surface area contributed by atoms with Gasteiger partial charge in [-0.3, -0.25) is 0 Å². The van der Waals surface area contributed by atoms with Gasteiger partial charge in [-0.1, -0.05) is 0 Å². The van der Waals surface area contributed by atoms with Gasteiger partial charge in [0.25, 0.3) is 5.22 Å². The number of rotatable bonds is 3. The first-order valence-electron chi connectivity index (χ1n) is 4.71. The van der Waals surface area contributed by atoms with Crippen LogP contribution in [0.4, 0.5) is 10.1 Å². The van der Waals surface area contributed by atoms with Crippen molar-refractivity contribution in [2.75, 3.05) is 12.8 Å². The maximum Gasteiger partial charge on any atom is 0.281 e. The van der Waals surface area contributed by atoms with Gasteiger partial charge in [0.05, 0.1) is 17.7 Å². The number of hydrogen-bond donors (Lipinski definition) is 1. The molecule has 7 heteroatoms. The molecule has 0 aliphatic heterocycles. The molecule has 1 aromatic carbocycles. The highest BCUT2D eigenvalue weighted by Gasteiger charge is 2.13. The molecule has 1 heterocycles. The summed E-state index contributed by atoms with van der Waals surface area (Å²) in [5.41, 5.74) is 5.82. The number of anilines is 1. The Morgan fingerprint density at radius 2 is 2.18 bits per heavy atom. The Labute approximate surface area is 101 Å². The number of hydrogen-bond acceptors (Lipinski definition) is 6. The molecule has 0 amide bonds. The van der Waals surface area contributed by atoms with E-state index in [-0.39, 0.29) is 10.9 Å². The lowest BCUT2D eigenvalue weighted by Gasteiger charge is -2.06. The van der Waals surface area contributed by atoms with Crippen molar-refractivity contribution in [2.24, 2.45) is 0 Å². The van der Waals surface area contributed by atoms with Crippen molar-refractivity contribution >= 4 is 17.4 Å². The third-order valence-electron chi connectivity index (χ3n) is 1.99. The number of ether oxygens (including phenoxy) is 1. The lowest BCUT2D eigenvalue weighted by molar-refractivity contribution is 0.413. The van der Waals surface area contributed by atoms with E-state index in [0.717, 1.165) is 11.8 Å². The summed E-state index contributed by atoms with van der Waals surface area (Å²) < 4.78 is 23.8. The Balaban J connectivity index is 2.32. The number of halogens is 1. The first-order valence-corrected chi connectivity index (χ1v) is 5.52. The molecule has 0 fully saturated rings. The van der Waals surface area contributed by atoms with Crippen molar-refractivity contribution < 1.29 is 13.5 Å². The SMILES string of the molecule is COc1cc(Sc2nnc(C)o2)c(F)cc1N. The van der Waals surface area contributed by atoms with Crippen molar-refractivity contribution in [3.8, 4) is 5.75 Å². The summed E-state index contributed by atoms with van der Waals surface area (Å²) in [4.78, 5) is 0.319. The van der Waals surface area contributed by atoms with Crippen LogP contribution in [0.3, 0.4) is 0 Å². The standard InChI is InChI=1S/C10H10FN3O2S/c1-5-13-14-10(16-5)17-9-4-8(15-2)7(12)3-6(9)11/h3-4H,12H2,1-2H3. The fourth-order valence-corrected chi connectivity index (χ4v) is 1.97. The van der Waals surface area contributed by atoms with Gasteiger partial charge in [0.1, 0.15) is 11.6 Å². The minimum atomic E-state index is -0.454. The van der Waals surface area contributed by atoms with Crippen molar-refractivity contribution in [1.29, 1.82) is 0 Å². The molecule has 2 aromatic rings. The van der Waals surface area contributed by atoms with Crippen LogP contribution in [0.2, 0.25) is 0 Å². The van der Waals surface area contributed by atoms with E-state index in [1.165, 1.54) is 19.2 Å². The second kappa shape index (κ2) is 4.62. The lowest BCUT2D eigenvalue weighted by atomic mass is 10.3. The predicted octanol–water partition coefficient (Wildman–Crippen LogP) is 2.26.